The van der Waals surface area contributed by atoms with Gasteiger partial charge in [-0.1, -0.05) is 43.2 Å². The van der Waals surface area contributed by atoms with Crippen molar-refractivity contribution in [2.24, 2.45) is 5.92 Å². The third-order valence-electron chi connectivity index (χ3n) is 6.34. The van der Waals surface area contributed by atoms with E-state index in [9.17, 15) is 19.2 Å². The first kappa shape index (κ1) is 20.9. The standard InChI is InChI=1S/C22H27N5O4/c1-25(21(30)15-11-17(28)26(13-15)16-9-5-6-10-16)18-19(23)27(22(31)24-20(18)29)12-14-7-3-2-4-8-14/h2-4,7-8,15-16H,5-6,9-13,23H2,1H3,(H,24,29,31)/t15-/m0/s1. The minimum absolute atomic E-state index is 0.0189. The predicted octanol–water partition coefficient (Wildman–Crippen LogP) is 0.921. The quantitative estimate of drug-likeness (QED) is 0.738. The van der Waals surface area contributed by atoms with Crippen molar-refractivity contribution in [2.45, 2.75) is 44.7 Å². The zero-order chi connectivity index (χ0) is 22.1. The third-order valence-corrected chi connectivity index (χ3v) is 6.34. The normalized spacial score (nSPS) is 19.2. The molecule has 2 amide bonds. The number of likely N-dealkylation sites (tertiary alicyclic amines) is 1. The van der Waals surface area contributed by atoms with Gasteiger partial charge in [-0.15, -0.1) is 0 Å². The van der Waals surface area contributed by atoms with Gasteiger partial charge in [0.15, 0.2) is 5.69 Å². The van der Waals surface area contributed by atoms with Crippen LogP contribution in [0.1, 0.15) is 37.7 Å². The van der Waals surface area contributed by atoms with Crippen molar-refractivity contribution >= 4 is 23.3 Å². The topological polar surface area (TPSA) is 121 Å². The molecule has 31 heavy (non-hydrogen) atoms. The van der Waals surface area contributed by atoms with E-state index >= 15 is 0 Å². The fourth-order valence-electron chi connectivity index (χ4n) is 4.67. The summed E-state index contributed by atoms with van der Waals surface area (Å²) in [6.07, 6.45) is 4.27. The van der Waals surface area contributed by atoms with Crippen LogP contribution in [-0.2, 0) is 16.1 Å². The van der Waals surface area contributed by atoms with Crippen molar-refractivity contribution < 1.29 is 9.59 Å². The van der Waals surface area contributed by atoms with Crippen molar-refractivity contribution in [2.75, 3.05) is 24.2 Å². The summed E-state index contributed by atoms with van der Waals surface area (Å²) in [6, 6.07) is 9.42. The van der Waals surface area contributed by atoms with E-state index in [4.69, 9.17) is 5.73 Å². The molecule has 4 rings (SSSR count). The highest BCUT2D eigenvalue weighted by Gasteiger charge is 2.40. The minimum Gasteiger partial charge on any atom is -0.383 e. The van der Waals surface area contributed by atoms with E-state index in [-0.39, 0.29) is 42.3 Å². The number of anilines is 2. The van der Waals surface area contributed by atoms with Crippen LogP contribution < -0.4 is 21.9 Å². The summed E-state index contributed by atoms with van der Waals surface area (Å²) in [6.45, 7) is 0.517. The molecule has 1 aliphatic carbocycles. The van der Waals surface area contributed by atoms with Gasteiger partial charge in [0.25, 0.3) is 5.56 Å². The number of carbonyl (C=O) groups excluding carboxylic acids is 2. The van der Waals surface area contributed by atoms with Gasteiger partial charge in [0, 0.05) is 26.1 Å². The van der Waals surface area contributed by atoms with E-state index in [1.165, 1.54) is 16.5 Å². The van der Waals surface area contributed by atoms with E-state index in [0.717, 1.165) is 31.2 Å². The number of hydrogen-bond acceptors (Lipinski definition) is 5. The molecule has 2 aliphatic rings. The van der Waals surface area contributed by atoms with Crippen LogP contribution in [0.3, 0.4) is 0 Å². The minimum atomic E-state index is -0.723. The summed E-state index contributed by atoms with van der Waals surface area (Å²) < 4.78 is 1.24. The second-order valence-corrected chi connectivity index (χ2v) is 8.35. The van der Waals surface area contributed by atoms with Crippen LogP contribution in [0.5, 0.6) is 0 Å². The van der Waals surface area contributed by atoms with Crippen molar-refractivity contribution in [3.8, 4) is 0 Å². The maximum atomic E-state index is 13.2. The highest BCUT2D eigenvalue weighted by atomic mass is 16.2. The Hall–Kier alpha value is -3.36. The summed E-state index contributed by atoms with van der Waals surface area (Å²) in [5.41, 5.74) is 5.59. The molecule has 0 radical (unpaired) electrons. The van der Waals surface area contributed by atoms with E-state index in [2.05, 4.69) is 4.98 Å². The van der Waals surface area contributed by atoms with Gasteiger partial charge in [-0.05, 0) is 18.4 Å². The Morgan fingerprint density at radius 2 is 1.84 bits per heavy atom. The summed E-state index contributed by atoms with van der Waals surface area (Å²) in [5.74, 6) is -0.984. The Kier molecular flexibility index (Phi) is 5.67. The molecule has 2 aromatic rings. The number of rotatable bonds is 5. The number of nitrogen functional groups attached to an aromatic ring is 1. The van der Waals surface area contributed by atoms with Crippen LogP contribution in [0.4, 0.5) is 11.5 Å². The van der Waals surface area contributed by atoms with Crippen molar-refractivity contribution in [1.82, 2.24) is 14.5 Å². The Labute approximate surface area is 179 Å². The molecule has 1 aliphatic heterocycles. The highest BCUT2D eigenvalue weighted by Crippen LogP contribution is 2.31. The lowest BCUT2D eigenvalue weighted by atomic mass is 10.1. The highest BCUT2D eigenvalue weighted by molar-refractivity contribution is 6.00. The summed E-state index contributed by atoms with van der Waals surface area (Å²) >= 11 is 0. The lowest BCUT2D eigenvalue weighted by molar-refractivity contribution is -0.130. The molecule has 0 spiro atoms. The van der Waals surface area contributed by atoms with Crippen LogP contribution in [0.25, 0.3) is 0 Å². The molecule has 1 saturated carbocycles. The summed E-state index contributed by atoms with van der Waals surface area (Å²) in [7, 11) is 1.46. The van der Waals surface area contributed by atoms with E-state index in [1.807, 2.05) is 35.2 Å². The summed E-state index contributed by atoms with van der Waals surface area (Å²) in [4.78, 5) is 55.8. The number of amides is 2. The predicted molar refractivity (Wildman–Crippen MR) is 117 cm³/mol. The van der Waals surface area contributed by atoms with Crippen molar-refractivity contribution in [3.63, 3.8) is 0 Å². The van der Waals surface area contributed by atoms with Crippen LogP contribution in [0, 0.1) is 5.92 Å². The molecule has 1 aromatic carbocycles. The van der Waals surface area contributed by atoms with Crippen LogP contribution in [-0.4, -0.2) is 45.9 Å². The Morgan fingerprint density at radius 3 is 2.52 bits per heavy atom. The van der Waals surface area contributed by atoms with Gasteiger partial charge < -0.3 is 15.5 Å². The van der Waals surface area contributed by atoms with E-state index in [1.54, 1.807) is 0 Å². The first-order valence-corrected chi connectivity index (χ1v) is 10.6. The second-order valence-electron chi connectivity index (χ2n) is 8.35. The van der Waals surface area contributed by atoms with Crippen molar-refractivity contribution in [1.29, 1.82) is 0 Å². The monoisotopic (exact) mass is 425 g/mol. The van der Waals surface area contributed by atoms with Gasteiger partial charge in [-0.2, -0.15) is 0 Å². The molecule has 0 bridgehead atoms. The number of benzene rings is 1. The maximum Gasteiger partial charge on any atom is 0.330 e. The number of nitrogens with zero attached hydrogens (tertiary/aromatic N) is 3. The van der Waals surface area contributed by atoms with Crippen LogP contribution in [0.15, 0.2) is 39.9 Å². The molecular weight excluding hydrogens is 398 g/mol. The number of nitrogens with two attached hydrogens (primary N) is 1. The molecule has 0 unspecified atom stereocenters. The Bertz CT molecular complexity index is 1100. The largest absolute Gasteiger partial charge is 0.383 e. The van der Waals surface area contributed by atoms with Gasteiger partial charge in [-0.3, -0.25) is 23.9 Å². The zero-order valence-electron chi connectivity index (χ0n) is 17.5. The van der Waals surface area contributed by atoms with Gasteiger partial charge in [0.2, 0.25) is 11.8 Å². The first-order valence-electron chi connectivity index (χ1n) is 10.6. The number of aromatic nitrogens is 2. The molecule has 2 fully saturated rings. The van der Waals surface area contributed by atoms with E-state index < -0.39 is 17.2 Å². The van der Waals surface area contributed by atoms with Crippen LogP contribution in [0.2, 0.25) is 0 Å². The van der Waals surface area contributed by atoms with E-state index in [0.29, 0.717) is 6.54 Å². The fourth-order valence-corrected chi connectivity index (χ4v) is 4.67. The zero-order valence-corrected chi connectivity index (χ0v) is 17.5. The second kappa shape index (κ2) is 8.41. The average molecular weight is 425 g/mol. The van der Waals surface area contributed by atoms with Gasteiger partial charge in [0.1, 0.15) is 5.82 Å². The number of H-pyrrole nitrogens is 1. The summed E-state index contributed by atoms with van der Waals surface area (Å²) in [5, 5.41) is 0. The molecule has 1 saturated heterocycles. The van der Waals surface area contributed by atoms with Gasteiger partial charge >= 0.3 is 5.69 Å². The molecule has 3 N–H and O–H groups in total. The fraction of sp³-hybridized carbons (Fsp3) is 0.455. The molecule has 164 valence electrons. The van der Waals surface area contributed by atoms with Crippen molar-refractivity contribution in [3.05, 3.63) is 56.7 Å². The lowest BCUT2D eigenvalue weighted by Gasteiger charge is -2.25. The molecule has 1 aromatic heterocycles. The smallest absolute Gasteiger partial charge is 0.330 e. The number of hydrogen-bond donors (Lipinski definition) is 2. The molecule has 1 atom stereocenters. The average Bonchev–Trinajstić information content (AvgIpc) is 3.40. The SMILES string of the molecule is CN(C(=O)[C@H]1CC(=O)N(C2CCCC2)C1)c1c(N)n(Cc2ccccc2)c(=O)[nH]c1=O. The molecule has 9 heteroatoms. The molecule has 9 nitrogen and oxygen atoms in total. The Balaban J connectivity index is 1.59. The maximum absolute atomic E-state index is 13.2. The third kappa shape index (κ3) is 3.99. The number of carbonyl (C=O) groups is 2. The Morgan fingerprint density at radius 1 is 1.16 bits per heavy atom. The number of nitrogens with one attached hydrogen (secondary N) is 1. The first-order chi connectivity index (χ1) is 14.9. The van der Waals surface area contributed by atoms with Crippen LogP contribution >= 0.6 is 0 Å². The van der Waals surface area contributed by atoms with Gasteiger partial charge in [-0.25, -0.2) is 4.79 Å². The number of aromatic amines is 1. The molecular formula is C22H27N5O4. The molecule has 2 heterocycles. The lowest BCUT2D eigenvalue weighted by Crippen LogP contribution is -2.42. The van der Waals surface area contributed by atoms with Gasteiger partial charge in [0.05, 0.1) is 12.5 Å².